The predicted octanol–water partition coefficient (Wildman–Crippen LogP) is 11.8. The van der Waals surface area contributed by atoms with Crippen LogP contribution < -0.4 is 0 Å². The lowest BCUT2D eigenvalue weighted by atomic mass is 9.83. The van der Waals surface area contributed by atoms with E-state index in [-0.39, 0.29) is 5.41 Å². The first kappa shape index (κ1) is 28.4. The Balaban J connectivity index is 1.33. The van der Waals surface area contributed by atoms with E-state index in [0.717, 1.165) is 44.0 Å². The fraction of sp³-hybridized carbons (Fsp3) is 0.114. The molecule has 230 valence electrons. The van der Waals surface area contributed by atoms with E-state index in [4.69, 9.17) is 19.4 Å². The second kappa shape index (κ2) is 10.6. The Morgan fingerprint density at radius 3 is 2.04 bits per heavy atom. The zero-order chi connectivity index (χ0) is 32.6. The molecular weight excluding hydrogens is 587 g/mol. The van der Waals surface area contributed by atoms with Gasteiger partial charge >= 0.3 is 0 Å². The Morgan fingerprint density at radius 2 is 1.17 bits per heavy atom. The van der Waals surface area contributed by atoms with Crippen molar-refractivity contribution in [3.05, 3.63) is 139 Å². The van der Waals surface area contributed by atoms with Gasteiger partial charge in [-0.25, -0.2) is 15.0 Å². The summed E-state index contributed by atoms with van der Waals surface area (Å²) in [5.74, 6) is 1.89. The van der Waals surface area contributed by atoms with Gasteiger partial charge in [-0.1, -0.05) is 136 Å². The molecule has 0 bridgehead atoms. The second-order valence-corrected chi connectivity index (χ2v) is 13.8. The van der Waals surface area contributed by atoms with Gasteiger partial charge in [-0.15, -0.1) is 0 Å². The van der Waals surface area contributed by atoms with Gasteiger partial charge < -0.3 is 4.42 Å². The van der Waals surface area contributed by atoms with Crippen molar-refractivity contribution >= 4 is 54.3 Å². The minimum absolute atomic E-state index is 0.0255. The molecule has 0 N–H and O–H groups in total. The number of nitrogens with zero attached hydrogens (tertiary/aromatic N) is 3. The molecular formula is C44H33N3O. The fourth-order valence-electron chi connectivity index (χ4n) is 7.18. The molecule has 0 radical (unpaired) electrons. The number of furan rings is 1. The topological polar surface area (TPSA) is 51.8 Å². The molecule has 2 aromatic heterocycles. The number of para-hydroxylation sites is 1. The standard InChI is InChI=1S/C44H33N3O/c1-26-18-19-27-20-23-32-31(36(27)24-26)12-8-13-33(32)42-45-41(29-21-22-30-28(25-29)10-7-15-37(30)44(2,3)4)46-43(47-42)35-14-9-17-39-40(35)34-11-5-6-16-38(34)48-39/h5-25H,1-4H3. The van der Waals surface area contributed by atoms with Crippen molar-refractivity contribution in [2.45, 2.75) is 33.1 Å². The summed E-state index contributed by atoms with van der Waals surface area (Å²) >= 11 is 0. The SMILES string of the molecule is Cc1ccc2ccc3c(-c4nc(-c5ccc6c(C(C)(C)C)cccc6c5)nc(-c5cccc6oc7ccccc7c56)n4)cccc3c2c1. The van der Waals surface area contributed by atoms with Crippen LogP contribution in [0, 0.1) is 6.92 Å². The summed E-state index contributed by atoms with van der Waals surface area (Å²) in [5.41, 5.74) is 7.07. The average molecular weight is 620 g/mol. The number of hydrogen-bond acceptors (Lipinski definition) is 4. The first-order chi connectivity index (χ1) is 23.3. The second-order valence-electron chi connectivity index (χ2n) is 13.8. The van der Waals surface area contributed by atoms with Gasteiger partial charge in [0.25, 0.3) is 0 Å². The molecule has 9 aromatic rings. The van der Waals surface area contributed by atoms with Gasteiger partial charge in [0, 0.05) is 27.5 Å². The van der Waals surface area contributed by atoms with Gasteiger partial charge in [-0.05, 0) is 68.4 Å². The smallest absolute Gasteiger partial charge is 0.164 e. The molecule has 0 saturated carbocycles. The van der Waals surface area contributed by atoms with Crippen LogP contribution in [0.2, 0.25) is 0 Å². The molecule has 48 heavy (non-hydrogen) atoms. The van der Waals surface area contributed by atoms with Crippen LogP contribution in [0.4, 0.5) is 0 Å². The number of aryl methyl sites for hydroxylation is 1. The van der Waals surface area contributed by atoms with Crippen molar-refractivity contribution in [2.24, 2.45) is 0 Å². The molecule has 0 aliphatic rings. The Labute approximate surface area is 278 Å². The number of benzene rings is 7. The van der Waals surface area contributed by atoms with Crippen LogP contribution in [-0.4, -0.2) is 15.0 Å². The van der Waals surface area contributed by atoms with Crippen molar-refractivity contribution in [3.63, 3.8) is 0 Å². The van der Waals surface area contributed by atoms with E-state index in [2.05, 4.69) is 125 Å². The maximum Gasteiger partial charge on any atom is 0.164 e. The molecule has 0 aliphatic heterocycles. The zero-order valence-electron chi connectivity index (χ0n) is 27.4. The van der Waals surface area contributed by atoms with Crippen molar-refractivity contribution in [1.29, 1.82) is 0 Å². The van der Waals surface area contributed by atoms with Crippen LogP contribution in [0.5, 0.6) is 0 Å². The van der Waals surface area contributed by atoms with Gasteiger partial charge in [0.15, 0.2) is 17.5 Å². The summed E-state index contributed by atoms with van der Waals surface area (Å²) in [4.78, 5) is 15.6. The summed E-state index contributed by atoms with van der Waals surface area (Å²) in [6, 6.07) is 44.8. The number of rotatable bonds is 3. The van der Waals surface area contributed by atoms with E-state index >= 15 is 0 Å². The highest BCUT2D eigenvalue weighted by molar-refractivity contribution is 6.13. The van der Waals surface area contributed by atoms with Crippen LogP contribution in [0.3, 0.4) is 0 Å². The van der Waals surface area contributed by atoms with Gasteiger partial charge in [-0.3, -0.25) is 0 Å². The van der Waals surface area contributed by atoms with Crippen molar-refractivity contribution in [2.75, 3.05) is 0 Å². The van der Waals surface area contributed by atoms with Gasteiger partial charge in [0.05, 0.1) is 0 Å². The largest absolute Gasteiger partial charge is 0.456 e. The summed E-state index contributed by atoms with van der Waals surface area (Å²) in [6.07, 6.45) is 0. The van der Waals surface area contributed by atoms with Gasteiger partial charge in [0.2, 0.25) is 0 Å². The van der Waals surface area contributed by atoms with Crippen LogP contribution in [-0.2, 0) is 5.41 Å². The van der Waals surface area contributed by atoms with Crippen molar-refractivity contribution < 1.29 is 4.42 Å². The predicted molar refractivity (Wildman–Crippen MR) is 199 cm³/mol. The summed E-state index contributed by atoms with van der Waals surface area (Å²) in [6.45, 7) is 8.92. The first-order valence-corrected chi connectivity index (χ1v) is 16.4. The Bertz CT molecular complexity index is 2730. The van der Waals surface area contributed by atoms with E-state index < -0.39 is 0 Å². The minimum Gasteiger partial charge on any atom is -0.456 e. The first-order valence-electron chi connectivity index (χ1n) is 16.4. The highest BCUT2D eigenvalue weighted by Gasteiger charge is 2.20. The van der Waals surface area contributed by atoms with E-state index in [1.165, 1.54) is 38.1 Å². The molecule has 4 nitrogen and oxygen atoms in total. The summed E-state index contributed by atoms with van der Waals surface area (Å²) < 4.78 is 6.27. The molecule has 9 rings (SSSR count). The lowest BCUT2D eigenvalue weighted by molar-refractivity contribution is 0.596. The molecule has 0 fully saturated rings. The van der Waals surface area contributed by atoms with Crippen molar-refractivity contribution in [1.82, 2.24) is 15.0 Å². The van der Waals surface area contributed by atoms with Gasteiger partial charge in [0.1, 0.15) is 11.2 Å². The third-order valence-corrected chi connectivity index (χ3v) is 9.50. The van der Waals surface area contributed by atoms with Crippen LogP contribution in [0.25, 0.3) is 88.4 Å². The lowest BCUT2D eigenvalue weighted by Crippen LogP contribution is -2.11. The molecule has 7 aromatic carbocycles. The monoisotopic (exact) mass is 619 g/mol. The Hall–Kier alpha value is -5.87. The number of hydrogen-bond donors (Lipinski definition) is 0. The maximum absolute atomic E-state index is 6.27. The highest BCUT2D eigenvalue weighted by Crippen LogP contribution is 2.39. The van der Waals surface area contributed by atoms with Crippen molar-refractivity contribution in [3.8, 4) is 34.2 Å². The van der Waals surface area contributed by atoms with Crippen LogP contribution in [0.15, 0.2) is 132 Å². The highest BCUT2D eigenvalue weighted by atomic mass is 16.3. The summed E-state index contributed by atoms with van der Waals surface area (Å²) in [7, 11) is 0. The number of fused-ring (bicyclic) bond motifs is 7. The van der Waals surface area contributed by atoms with E-state index in [0.29, 0.717) is 17.5 Å². The molecule has 4 heteroatoms. The molecule has 0 aliphatic carbocycles. The Kier molecular flexibility index (Phi) is 6.25. The molecule has 0 atom stereocenters. The third kappa shape index (κ3) is 4.56. The minimum atomic E-state index is 0.0255. The summed E-state index contributed by atoms with van der Waals surface area (Å²) in [5, 5.41) is 9.18. The third-order valence-electron chi connectivity index (χ3n) is 9.50. The maximum atomic E-state index is 6.27. The van der Waals surface area contributed by atoms with Crippen LogP contribution in [0.1, 0.15) is 31.9 Å². The molecule has 0 unspecified atom stereocenters. The van der Waals surface area contributed by atoms with Crippen LogP contribution >= 0.6 is 0 Å². The zero-order valence-corrected chi connectivity index (χ0v) is 27.4. The normalized spacial score (nSPS) is 12.2. The lowest BCUT2D eigenvalue weighted by Gasteiger charge is -2.21. The van der Waals surface area contributed by atoms with E-state index in [9.17, 15) is 0 Å². The van der Waals surface area contributed by atoms with E-state index in [1.807, 2.05) is 30.3 Å². The number of aromatic nitrogens is 3. The van der Waals surface area contributed by atoms with Gasteiger partial charge in [-0.2, -0.15) is 0 Å². The molecule has 2 heterocycles. The average Bonchev–Trinajstić information content (AvgIpc) is 3.49. The molecule has 0 amide bonds. The van der Waals surface area contributed by atoms with E-state index in [1.54, 1.807) is 0 Å². The molecule has 0 saturated heterocycles. The quantitative estimate of drug-likeness (QED) is 0.185. The Morgan fingerprint density at radius 1 is 0.479 bits per heavy atom. The molecule has 0 spiro atoms. The fourth-order valence-corrected chi connectivity index (χ4v) is 7.18.